The molecule has 0 bridgehead atoms. The Bertz CT molecular complexity index is 369. The molecule has 0 unspecified atom stereocenters. The molecule has 1 aromatic carbocycles. The minimum Gasteiger partial charge on any atom is -0.312 e. The summed E-state index contributed by atoms with van der Waals surface area (Å²) in [6, 6.07) is 3.76. The summed E-state index contributed by atoms with van der Waals surface area (Å²) in [5.41, 5.74) is 2.33. The zero-order chi connectivity index (χ0) is 12.1. The van der Waals surface area contributed by atoms with Crippen LogP contribution in [0.4, 0.5) is 8.78 Å². The van der Waals surface area contributed by atoms with E-state index in [-0.39, 0.29) is 18.0 Å². The highest BCUT2D eigenvalue weighted by atomic mass is 19.1. The number of nitrogens with zero attached hydrogens (tertiary/aromatic N) is 1. The molecule has 1 rings (SSSR count). The second-order valence-electron chi connectivity index (χ2n) is 3.69. The number of hydrogen-bond donors (Lipinski definition) is 2. The van der Waals surface area contributed by atoms with E-state index in [1.54, 1.807) is 0 Å². The number of hydrogen-bond acceptors (Lipinski definition) is 2. The summed E-state index contributed by atoms with van der Waals surface area (Å²) in [6.07, 6.45) is 0.0210. The molecule has 0 saturated carbocycles. The van der Waals surface area contributed by atoms with Gasteiger partial charge in [-0.2, -0.15) is 0 Å². The molecule has 88 valence electrons. The summed E-state index contributed by atoms with van der Waals surface area (Å²) in [5, 5.41) is 0. The van der Waals surface area contributed by atoms with Crippen LogP contribution < -0.4 is 11.3 Å². The molecular formula is C11H15F2N3. The first kappa shape index (κ1) is 12.6. The first-order valence-corrected chi connectivity index (χ1v) is 5.00. The molecule has 3 N–H and O–H groups in total. The van der Waals surface area contributed by atoms with E-state index in [0.29, 0.717) is 5.84 Å². The Kier molecular flexibility index (Phi) is 4.37. The van der Waals surface area contributed by atoms with E-state index < -0.39 is 11.6 Å². The zero-order valence-electron chi connectivity index (χ0n) is 9.30. The van der Waals surface area contributed by atoms with Crippen molar-refractivity contribution in [1.29, 1.82) is 0 Å². The van der Waals surface area contributed by atoms with E-state index in [9.17, 15) is 8.78 Å². The lowest BCUT2D eigenvalue weighted by atomic mass is 10.1. The lowest BCUT2D eigenvalue weighted by Crippen LogP contribution is -2.33. The lowest BCUT2D eigenvalue weighted by molar-refractivity contribution is 0.563. The van der Waals surface area contributed by atoms with Gasteiger partial charge in [0.2, 0.25) is 0 Å². The van der Waals surface area contributed by atoms with Crippen LogP contribution in [0, 0.1) is 11.6 Å². The Hall–Kier alpha value is -1.49. The third-order valence-corrected chi connectivity index (χ3v) is 1.99. The third-order valence-electron chi connectivity index (χ3n) is 1.99. The SMILES string of the molecule is CC(C)N=C(Cc1c(F)cccc1F)NN. The smallest absolute Gasteiger partial charge is 0.129 e. The van der Waals surface area contributed by atoms with Gasteiger partial charge in [0.15, 0.2) is 0 Å². The van der Waals surface area contributed by atoms with E-state index in [0.717, 1.165) is 0 Å². The largest absolute Gasteiger partial charge is 0.312 e. The summed E-state index contributed by atoms with van der Waals surface area (Å²) < 4.78 is 26.6. The van der Waals surface area contributed by atoms with Crippen molar-refractivity contribution >= 4 is 5.84 Å². The fourth-order valence-corrected chi connectivity index (χ4v) is 1.31. The number of hydrazine groups is 1. The quantitative estimate of drug-likeness (QED) is 0.358. The minimum atomic E-state index is -0.591. The molecule has 0 aliphatic heterocycles. The molecule has 0 aromatic heterocycles. The van der Waals surface area contributed by atoms with Gasteiger partial charge in [-0.25, -0.2) is 14.6 Å². The van der Waals surface area contributed by atoms with Crippen LogP contribution in [-0.2, 0) is 6.42 Å². The van der Waals surface area contributed by atoms with Crippen molar-refractivity contribution in [2.75, 3.05) is 0 Å². The maximum Gasteiger partial charge on any atom is 0.129 e. The summed E-state index contributed by atoms with van der Waals surface area (Å²) in [7, 11) is 0. The molecule has 1 aromatic rings. The van der Waals surface area contributed by atoms with Gasteiger partial charge >= 0.3 is 0 Å². The highest BCUT2D eigenvalue weighted by Gasteiger charge is 2.11. The first-order valence-electron chi connectivity index (χ1n) is 5.00. The number of amidine groups is 1. The van der Waals surface area contributed by atoms with Gasteiger partial charge in [0.05, 0.1) is 0 Å². The topological polar surface area (TPSA) is 50.4 Å². The molecule has 0 saturated heterocycles. The Labute approximate surface area is 93.3 Å². The monoisotopic (exact) mass is 227 g/mol. The molecule has 0 heterocycles. The van der Waals surface area contributed by atoms with Gasteiger partial charge in [0.25, 0.3) is 0 Å². The summed E-state index contributed by atoms with van der Waals surface area (Å²) >= 11 is 0. The molecule has 0 fully saturated rings. The van der Waals surface area contributed by atoms with Crippen LogP contribution in [-0.4, -0.2) is 11.9 Å². The number of nitrogens with two attached hydrogens (primary N) is 1. The highest BCUT2D eigenvalue weighted by molar-refractivity contribution is 5.84. The fourth-order valence-electron chi connectivity index (χ4n) is 1.31. The second kappa shape index (κ2) is 5.55. The van der Waals surface area contributed by atoms with Crippen LogP contribution in [0.25, 0.3) is 0 Å². The van der Waals surface area contributed by atoms with Gasteiger partial charge < -0.3 is 5.43 Å². The Balaban J connectivity index is 2.94. The molecule has 5 heteroatoms. The van der Waals surface area contributed by atoms with Crippen LogP contribution in [0.15, 0.2) is 23.2 Å². The van der Waals surface area contributed by atoms with E-state index in [4.69, 9.17) is 5.84 Å². The molecule has 0 spiro atoms. The number of halogens is 2. The van der Waals surface area contributed by atoms with Gasteiger partial charge in [0.1, 0.15) is 17.5 Å². The first-order chi connectivity index (χ1) is 7.54. The average Bonchev–Trinajstić information content (AvgIpc) is 2.21. The third kappa shape index (κ3) is 3.27. The summed E-state index contributed by atoms with van der Waals surface area (Å²) in [5.74, 6) is 4.42. The number of benzene rings is 1. The maximum absolute atomic E-state index is 13.3. The lowest BCUT2D eigenvalue weighted by Gasteiger charge is -2.09. The van der Waals surface area contributed by atoms with Crippen molar-refractivity contribution < 1.29 is 8.78 Å². The van der Waals surface area contributed by atoms with E-state index >= 15 is 0 Å². The van der Waals surface area contributed by atoms with Gasteiger partial charge in [0, 0.05) is 18.0 Å². The zero-order valence-corrected chi connectivity index (χ0v) is 9.30. The molecule has 0 aliphatic rings. The number of rotatable bonds is 3. The van der Waals surface area contributed by atoms with Crippen LogP contribution in [0.1, 0.15) is 19.4 Å². The van der Waals surface area contributed by atoms with Crippen molar-refractivity contribution in [3.05, 3.63) is 35.4 Å². The molecule has 0 amide bonds. The van der Waals surface area contributed by atoms with Gasteiger partial charge in [-0.05, 0) is 26.0 Å². The van der Waals surface area contributed by atoms with Gasteiger partial charge in [-0.1, -0.05) is 6.07 Å². The summed E-state index contributed by atoms with van der Waals surface area (Å²) in [4.78, 5) is 4.12. The minimum absolute atomic E-state index is 0.0147. The van der Waals surface area contributed by atoms with Gasteiger partial charge in [-0.3, -0.25) is 4.99 Å². The van der Waals surface area contributed by atoms with Crippen LogP contribution >= 0.6 is 0 Å². The molecule has 3 nitrogen and oxygen atoms in total. The van der Waals surface area contributed by atoms with Crippen molar-refractivity contribution in [2.45, 2.75) is 26.3 Å². The fraction of sp³-hybridized carbons (Fsp3) is 0.364. The van der Waals surface area contributed by atoms with Crippen molar-refractivity contribution in [2.24, 2.45) is 10.8 Å². The molecule has 0 atom stereocenters. The van der Waals surface area contributed by atoms with Crippen LogP contribution in [0.5, 0.6) is 0 Å². The average molecular weight is 227 g/mol. The van der Waals surface area contributed by atoms with Crippen molar-refractivity contribution in [1.82, 2.24) is 5.43 Å². The van der Waals surface area contributed by atoms with E-state index in [1.807, 2.05) is 13.8 Å². The molecular weight excluding hydrogens is 212 g/mol. The predicted octanol–water partition coefficient (Wildman–Crippen LogP) is 1.78. The maximum atomic E-state index is 13.3. The Morgan fingerprint density at radius 2 is 1.94 bits per heavy atom. The molecule has 0 radical (unpaired) electrons. The summed E-state index contributed by atoms with van der Waals surface area (Å²) in [6.45, 7) is 3.71. The standard InChI is InChI=1S/C11H15F2N3/c1-7(2)15-11(16-14)6-8-9(12)4-3-5-10(8)13/h3-5,7H,6,14H2,1-2H3,(H,15,16). The number of nitrogens with one attached hydrogen (secondary N) is 1. The van der Waals surface area contributed by atoms with Crippen molar-refractivity contribution in [3.63, 3.8) is 0 Å². The van der Waals surface area contributed by atoms with E-state index in [1.165, 1.54) is 18.2 Å². The number of aliphatic imine (C=N–C) groups is 1. The predicted molar refractivity (Wildman–Crippen MR) is 60.0 cm³/mol. The Morgan fingerprint density at radius 1 is 1.38 bits per heavy atom. The van der Waals surface area contributed by atoms with E-state index in [2.05, 4.69) is 10.4 Å². The molecule has 0 aliphatic carbocycles. The highest BCUT2D eigenvalue weighted by Crippen LogP contribution is 2.12. The molecule has 16 heavy (non-hydrogen) atoms. The second-order valence-corrected chi connectivity index (χ2v) is 3.69. The Morgan fingerprint density at radius 3 is 2.38 bits per heavy atom. The normalized spacial score (nSPS) is 12.0. The van der Waals surface area contributed by atoms with Gasteiger partial charge in [-0.15, -0.1) is 0 Å². The van der Waals surface area contributed by atoms with Crippen LogP contribution in [0.3, 0.4) is 0 Å². The van der Waals surface area contributed by atoms with Crippen LogP contribution in [0.2, 0.25) is 0 Å². The van der Waals surface area contributed by atoms with Crippen molar-refractivity contribution in [3.8, 4) is 0 Å².